The molecule has 0 aliphatic heterocycles. The summed E-state index contributed by atoms with van der Waals surface area (Å²) in [5.41, 5.74) is 8.27. The van der Waals surface area contributed by atoms with Gasteiger partial charge >= 0.3 is 0 Å². The standard InChI is InChI=1S/C15H15Br2NO2/c1-19-12-8-7-11(15(20-2)13(12)17)14(18)9-3-5-10(16)6-4-9/h3-8,14H,18H2,1-2H3. The number of halogens is 2. The van der Waals surface area contributed by atoms with Crippen molar-refractivity contribution in [2.45, 2.75) is 6.04 Å². The Labute approximate surface area is 135 Å². The third-order valence-corrected chi connectivity index (χ3v) is 4.36. The van der Waals surface area contributed by atoms with Crippen LogP contribution in [-0.4, -0.2) is 14.2 Å². The maximum Gasteiger partial charge on any atom is 0.141 e. The summed E-state index contributed by atoms with van der Waals surface area (Å²) in [4.78, 5) is 0. The Bertz CT molecular complexity index is 600. The van der Waals surface area contributed by atoms with Crippen molar-refractivity contribution in [2.75, 3.05) is 14.2 Å². The third kappa shape index (κ3) is 3.00. The lowest BCUT2D eigenvalue weighted by molar-refractivity contribution is 0.385. The van der Waals surface area contributed by atoms with Crippen LogP contribution in [0.3, 0.4) is 0 Å². The van der Waals surface area contributed by atoms with Gasteiger partial charge in [0.15, 0.2) is 0 Å². The molecule has 2 N–H and O–H groups in total. The average molecular weight is 401 g/mol. The molecule has 2 rings (SSSR count). The Kier molecular flexibility index (Phi) is 5.07. The first-order chi connectivity index (χ1) is 9.58. The lowest BCUT2D eigenvalue weighted by atomic mass is 9.98. The lowest BCUT2D eigenvalue weighted by Gasteiger charge is -2.18. The number of hydrogen-bond acceptors (Lipinski definition) is 3. The molecule has 0 saturated carbocycles. The van der Waals surface area contributed by atoms with Crippen LogP contribution < -0.4 is 15.2 Å². The van der Waals surface area contributed by atoms with Gasteiger partial charge in [-0.15, -0.1) is 0 Å². The number of nitrogens with two attached hydrogens (primary N) is 1. The SMILES string of the molecule is COc1ccc(C(N)c2ccc(Br)cc2)c(OC)c1Br. The second kappa shape index (κ2) is 6.61. The summed E-state index contributed by atoms with van der Waals surface area (Å²) in [5, 5.41) is 0. The molecule has 0 amide bonds. The molecule has 0 aliphatic carbocycles. The normalized spacial score (nSPS) is 12.1. The first-order valence-electron chi connectivity index (χ1n) is 6.00. The van der Waals surface area contributed by atoms with E-state index >= 15 is 0 Å². The molecule has 0 heterocycles. The molecule has 5 heteroatoms. The van der Waals surface area contributed by atoms with E-state index in [0.29, 0.717) is 11.5 Å². The first kappa shape index (κ1) is 15.4. The zero-order valence-electron chi connectivity index (χ0n) is 11.2. The van der Waals surface area contributed by atoms with Crippen molar-refractivity contribution in [2.24, 2.45) is 5.73 Å². The summed E-state index contributed by atoms with van der Waals surface area (Å²) >= 11 is 6.91. The summed E-state index contributed by atoms with van der Waals surface area (Å²) in [6, 6.07) is 11.5. The van der Waals surface area contributed by atoms with E-state index in [1.807, 2.05) is 36.4 Å². The second-order valence-corrected chi connectivity index (χ2v) is 5.94. The van der Waals surface area contributed by atoms with Gasteiger partial charge in [-0.3, -0.25) is 0 Å². The highest BCUT2D eigenvalue weighted by Crippen LogP contribution is 2.40. The van der Waals surface area contributed by atoms with Gasteiger partial charge in [-0.2, -0.15) is 0 Å². The number of methoxy groups -OCH3 is 2. The predicted molar refractivity (Wildman–Crippen MR) is 87.4 cm³/mol. The Morgan fingerprint density at radius 3 is 2.15 bits per heavy atom. The number of benzene rings is 2. The van der Waals surface area contributed by atoms with Crippen LogP contribution in [0, 0.1) is 0 Å². The molecule has 1 unspecified atom stereocenters. The molecule has 20 heavy (non-hydrogen) atoms. The molecule has 0 fully saturated rings. The molecule has 3 nitrogen and oxygen atoms in total. The number of rotatable bonds is 4. The predicted octanol–water partition coefficient (Wildman–Crippen LogP) is 4.28. The van der Waals surface area contributed by atoms with Gasteiger partial charge in [0.2, 0.25) is 0 Å². The van der Waals surface area contributed by atoms with Gasteiger partial charge in [-0.05, 0) is 45.8 Å². The molecule has 0 spiro atoms. The monoisotopic (exact) mass is 399 g/mol. The fourth-order valence-electron chi connectivity index (χ4n) is 2.01. The average Bonchev–Trinajstić information content (AvgIpc) is 2.47. The van der Waals surface area contributed by atoms with E-state index in [1.165, 1.54) is 0 Å². The van der Waals surface area contributed by atoms with Crippen LogP contribution in [-0.2, 0) is 0 Å². The Hall–Kier alpha value is -1.04. The molecule has 2 aromatic rings. The van der Waals surface area contributed by atoms with E-state index in [9.17, 15) is 0 Å². The molecule has 0 radical (unpaired) electrons. The zero-order valence-corrected chi connectivity index (χ0v) is 14.4. The van der Waals surface area contributed by atoms with Crippen LogP contribution in [0.4, 0.5) is 0 Å². The molecular formula is C15H15Br2NO2. The van der Waals surface area contributed by atoms with Crippen molar-refractivity contribution in [1.82, 2.24) is 0 Å². The van der Waals surface area contributed by atoms with Gasteiger partial charge in [-0.25, -0.2) is 0 Å². The molecule has 106 valence electrons. The van der Waals surface area contributed by atoms with Crippen LogP contribution in [0.2, 0.25) is 0 Å². The van der Waals surface area contributed by atoms with Crippen LogP contribution in [0.15, 0.2) is 45.3 Å². The van der Waals surface area contributed by atoms with E-state index in [1.54, 1.807) is 14.2 Å². The molecule has 0 saturated heterocycles. The van der Waals surface area contributed by atoms with Crippen molar-refractivity contribution < 1.29 is 9.47 Å². The summed E-state index contributed by atoms with van der Waals surface area (Å²) in [6.07, 6.45) is 0. The van der Waals surface area contributed by atoms with Gasteiger partial charge in [0.1, 0.15) is 16.0 Å². The van der Waals surface area contributed by atoms with E-state index in [2.05, 4.69) is 31.9 Å². The third-order valence-electron chi connectivity index (χ3n) is 3.08. The maximum atomic E-state index is 6.35. The molecule has 2 aromatic carbocycles. The van der Waals surface area contributed by atoms with Crippen molar-refractivity contribution in [3.63, 3.8) is 0 Å². The van der Waals surface area contributed by atoms with Gasteiger partial charge in [0.05, 0.1) is 20.3 Å². The zero-order chi connectivity index (χ0) is 14.7. The molecule has 0 aliphatic rings. The minimum atomic E-state index is -0.264. The van der Waals surface area contributed by atoms with Gasteiger partial charge < -0.3 is 15.2 Å². The fraction of sp³-hybridized carbons (Fsp3) is 0.200. The Balaban J connectivity index is 2.46. The van der Waals surface area contributed by atoms with Crippen LogP contribution in [0.1, 0.15) is 17.2 Å². The van der Waals surface area contributed by atoms with Crippen LogP contribution in [0.5, 0.6) is 11.5 Å². The largest absolute Gasteiger partial charge is 0.495 e. The molecule has 0 bridgehead atoms. The lowest BCUT2D eigenvalue weighted by Crippen LogP contribution is -2.13. The minimum Gasteiger partial charge on any atom is -0.495 e. The number of hydrogen-bond donors (Lipinski definition) is 1. The van der Waals surface area contributed by atoms with E-state index in [0.717, 1.165) is 20.1 Å². The summed E-state index contributed by atoms with van der Waals surface area (Å²) in [7, 11) is 3.24. The summed E-state index contributed by atoms with van der Waals surface area (Å²) in [5.74, 6) is 1.41. The summed E-state index contributed by atoms with van der Waals surface area (Å²) in [6.45, 7) is 0. The first-order valence-corrected chi connectivity index (χ1v) is 7.58. The van der Waals surface area contributed by atoms with E-state index in [-0.39, 0.29) is 6.04 Å². The van der Waals surface area contributed by atoms with Crippen LogP contribution in [0.25, 0.3) is 0 Å². The Morgan fingerprint density at radius 2 is 1.60 bits per heavy atom. The smallest absolute Gasteiger partial charge is 0.141 e. The minimum absolute atomic E-state index is 0.264. The topological polar surface area (TPSA) is 44.5 Å². The molecule has 1 atom stereocenters. The second-order valence-electron chi connectivity index (χ2n) is 4.23. The van der Waals surface area contributed by atoms with Crippen molar-refractivity contribution in [1.29, 1.82) is 0 Å². The molecule has 0 aromatic heterocycles. The van der Waals surface area contributed by atoms with E-state index in [4.69, 9.17) is 15.2 Å². The Morgan fingerprint density at radius 1 is 0.950 bits per heavy atom. The highest BCUT2D eigenvalue weighted by atomic mass is 79.9. The fourth-order valence-corrected chi connectivity index (χ4v) is 2.96. The van der Waals surface area contributed by atoms with Crippen molar-refractivity contribution >= 4 is 31.9 Å². The van der Waals surface area contributed by atoms with Gasteiger partial charge in [0, 0.05) is 10.0 Å². The van der Waals surface area contributed by atoms with Crippen LogP contribution >= 0.6 is 31.9 Å². The van der Waals surface area contributed by atoms with Crippen molar-refractivity contribution in [3.05, 3.63) is 56.5 Å². The summed E-state index contributed by atoms with van der Waals surface area (Å²) < 4.78 is 12.5. The molecular weight excluding hydrogens is 386 g/mol. The van der Waals surface area contributed by atoms with Gasteiger partial charge in [0.25, 0.3) is 0 Å². The maximum absolute atomic E-state index is 6.35. The highest BCUT2D eigenvalue weighted by Gasteiger charge is 2.18. The number of ether oxygens (including phenoxy) is 2. The highest BCUT2D eigenvalue weighted by molar-refractivity contribution is 9.11. The van der Waals surface area contributed by atoms with E-state index < -0.39 is 0 Å². The van der Waals surface area contributed by atoms with Gasteiger partial charge in [-0.1, -0.05) is 28.1 Å². The van der Waals surface area contributed by atoms with Crippen molar-refractivity contribution in [3.8, 4) is 11.5 Å². The quantitative estimate of drug-likeness (QED) is 0.832.